The van der Waals surface area contributed by atoms with Gasteiger partial charge in [-0.1, -0.05) is 42.1 Å². The Kier molecular flexibility index (Phi) is 6.52. The Morgan fingerprint density at radius 2 is 2.00 bits per heavy atom. The predicted octanol–water partition coefficient (Wildman–Crippen LogP) is 5.65. The van der Waals surface area contributed by atoms with Crippen LogP contribution in [0.15, 0.2) is 60.3 Å². The van der Waals surface area contributed by atoms with Gasteiger partial charge >= 0.3 is 0 Å². The van der Waals surface area contributed by atoms with Crippen molar-refractivity contribution in [2.45, 2.75) is 44.3 Å². The molecule has 0 fully saturated rings. The zero-order valence-electron chi connectivity index (χ0n) is 16.4. The largest absolute Gasteiger partial charge is 0.482 e. The third kappa shape index (κ3) is 4.62. The summed E-state index contributed by atoms with van der Waals surface area (Å²) in [6.45, 7) is 10.5. The lowest BCUT2D eigenvalue weighted by Gasteiger charge is -2.18. The van der Waals surface area contributed by atoms with Gasteiger partial charge in [0, 0.05) is 12.3 Å². The van der Waals surface area contributed by atoms with Gasteiger partial charge < -0.3 is 4.74 Å². The van der Waals surface area contributed by atoms with Gasteiger partial charge in [-0.3, -0.25) is 4.57 Å². The highest BCUT2D eigenvalue weighted by molar-refractivity contribution is 7.98. The summed E-state index contributed by atoms with van der Waals surface area (Å²) in [5, 5.41) is 9.45. The average molecular weight is 398 g/mol. The molecular formula is C22H24FN3OS. The molecular weight excluding hydrogens is 373 g/mol. The predicted molar refractivity (Wildman–Crippen MR) is 111 cm³/mol. The molecule has 3 aromatic rings. The highest BCUT2D eigenvalue weighted by Gasteiger charge is 2.20. The molecule has 1 aromatic heterocycles. The van der Waals surface area contributed by atoms with Crippen molar-refractivity contribution in [1.29, 1.82) is 0 Å². The summed E-state index contributed by atoms with van der Waals surface area (Å²) in [4.78, 5) is 0. The molecule has 0 amide bonds. The molecule has 1 atom stereocenters. The standard InChI is InChI=1S/C22H24FN3OS/c1-5-12-26-21(17(4)27-20-11-6-8-15(2)16(20)3)24-25-22(26)28-14-18-9-7-10-19(23)13-18/h5-11,13,17H,1,12,14H2,2-4H3. The minimum atomic E-state index is -0.267. The molecule has 0 aliphatic carbocycles. The third-order valence-corrected chi connectivity index (χ3v) is 5.57. The van der Waals surface area contributed by atoms with Gasteiger partial charge in [0.2, 0.25) is 0 Å². The topological polar surface area (TPSA) is 39.9 Å². The lowest BCUT2D eigenvalue weighted by Crippen LogP contribution is -2.12. The van der Waals surface area contributed by atoms with Gasteiger partial charge in [-0.25, -0.2) is 4.39 Å². The van der Waals surface area contributed by atoms with E-state index in [4.69, 9.17) is 4.74 Å². The minimum absolute atomic E-state index is 0.234. The minimum Gasteiger partial charge on any atom is -0.482 e. The first-order chi connectivity index (χ1) is 13.5. The van der Waals surface area contributed by atoms with Crippen molar-refractivity contribution < 1.29 is 9.13 Å². The molecule has 146 valence electrons. The first kappa shape index (κ1) is 20.1. The van der Waals surface area contributed by atoms with Crippen molar-refractivity contribution in [2.24, 2.45) is 0 Å². The van der Waals surface area contributed by atoms with Crippen LogP contribution in [-0.2, 0) is 12.3 Å². The molecule has 0 N–H and O–H groups in total. The number of halogens is 1. The molecule has 28 heavy (non-hydrogen) atoms. The molecule has 3 rings (SSSR count). The number of hydrogen-bond acceptors (Lipinski definition) is 4. The number of hydrogen-bond donors (Lipinski definition) is 0. The van der Waals surface area contributed by atoms with Gasteiger partial charge in [0.25, 0.3) is 0 Å². The highest BCUT2D eigenvalue weighted by atomic mass is 32.2. The number of rotatable bonds is 8. The molecule has 0 aliphatic heterocycles. The van der Waals surface area contributed by atoms with Crippen LogP contribution in [0.3, 0.4) is 0 Å². The number of aryl methyl sites for hydroxylation is 1. The second-order valence-electron chi connectivity index (χ2n) is 6.62. The Morgan fingerprint density at radius 3 is 2.75 bits per heavy atom. The van der Waals surface area contributed by atoms with E-state index in [1.54, 1.807) is 6.07 Å². The Bertz CT molecular complexity index is 970. The van der Waals surface area contributed by atoms with E-state index in [0.717, 1.165) is 27.9 Å². The van der Waals surface area contributed by atoms with E-state index >= 15 is 0 Å². The van der Waals surface area contributed by atoms with Gasteiger partial charge in [-0.15, -0.1) is 16.8 Å². The van der Waals surface area contributed by atoms with Crippen LogP contribution in [-0.4, -0.2) is 14.8 Å². The quantitative estimate of drug-likeness (QED) is 0.364. The Hall–Kier alpha value is -2.60. The fourth-order valence-corrected chi connectivity index (χ4v) is 3.78. The molecule has 0 spiro atoms. The summed E-state index contributed by atoms with van der Waals surface area (Å²) in [7, 11) is 0. The second-order valence-corrected chi connectivity index (χ2v) is 7.56. The fraction of sp³-hybridized carbons (Fsp3) is 0.273. The number of thioether (sulfide) groups is 1. The number of allylic oxidation sites excluding steroid dienone is 1. The number of aromatic nitrogens is 3. The van der Waals surface area contributed by atoms with E-state index in [1.807, 2.05) is 42.7 Å². The van der Waals surface area contributed by atoms with Crippen molar-refractivity contribution in [3.8, 4) is 5.75 Å². The van der Waals surface area contributed by atoms with Crippen LogP contribution in [0.25, 0.3) is 0 Å². The van der Waals surface area contributed by atoms with Crippen LogP contribution in [0.4, 0.5) is 4.39 Å². The molecule has 0 saturated heterocycles. The van der Waals surface area contributed by atoms with Crippen molar-refractivity contribution in [2.75, 3.05) is 0 Å². The van der Waals surface area contributed by atoms with E-state index in [9.17, 15) is 4.39 Å². The number of benzene rings is 2. The summed E-state index contributed by atoms with van der Waals surface area (Å²) in [5.74, 6) is 1.96. The Morgan fingerprint density at radius 1 is 1.21 bits per heavy atom. The molecule has 0 saturated carbocycles. The normalized spacial score (nSPS) is 12.0. The molecule has 1 heterocycles. The molecule has 0 aliphatic rings. The molecule has 0 bridgehead atoms. The van der Waals surface area contributed by atoms with Crippen LogP contribution >= 0.6 is 11.8 Å². The van der Waals surface area contributed by atoms with Crippen LogP contribution < -0.4 is 4.74 Å². The first-order valence-corrected chi connectivity index (χ1v) is 10.1. The molecule has 0 radical (unpaired) electrons. The van der Waals surface area contributed by atoms with Crippen molar-refractivity contribution in [3.63, 3.8) is 0 Å². The SMILES string of the molecule is C=CCn1c(SCc2cccc(F)c2)nnc1C(C)Oc1cccc(C)c1C. The van der Waals surface area contributed by atoms with Crippen LogP contribution in [0.2, 0.25) is 0 Å². The number of ether oxygens (including phenoxy) is 1. The Labute approximate surface area is 169 Å². The summed E-state index contributed by atoms with van der Waals surface area (Å²) >= 11 is 1.52. The maximum Gasteiger partial charge on any atom is 0.191 e. The fourth-order valence-electron chi connectivity index (χ4n) is 2.88. The summed E-state index contributed by atoms with van der Waals surface area (Å²) in [5.41, 5.74) is 3.20. The highest BCUT2D eigenvalue weighted by Crippen LogP contribution is 2.29. The monoisotopic (exact) mass is 397 g/mol. The summed E-state index contributed by atoms with van der Waals surface area (Å²) < 4.78 is 21.6. The number of nitrogens with zero attached hydrogens (tertiary/aromatic N) is 3. The summed E-state index contributed by atoms with van der Waals surface area (Å²) in [6.07, 6.45) is 1.54. The van der Waals surface area contributed by atoms with Crippen molar-refractivity contribution in [1.82, 2.24) is 14.8 Å². The van der Waals surface area contributed by atoms with Crippen molar-refractivity contribution in [3.05, 3.63) is 83.5 Å². The maximum atomic E-state index is 13.4. The van der Waals surface area contributed by atoms with E-state index < -0.39 is 0 Å². The smallest absolute Gasteiger partial charge is 0.191 e. The van der Waals surface area contributed by atoms with Crippen LogP contribution in [0, 0.1) is 19.7 Å². The van der Waals surface area contributed by atoms with Crippen LogP contribution in [0.1, 0.15) is 35.5 Å². The van der Waals surface area contributed by atoms with E-state index in [2.05, 4.69) is 29.8 Å². The lowest BCUT2D eigenvalue weighted by atomic mass is 10.1. The zero-order chi connectivity index (χ0) is 20.1. The second kappa shape index (κ2) is 9.06. The molecule has 1 unspecified atom stereocenters. The first-order valence-electron chi connectivity index (χ1n) is 9.13. The van der Waals surface area contributed by atoms with Gasteiger partial charge in [0.1, 0.15) is 11.6 Å². The molecule has 4 nitrogen and oxygen atoms in total. The Balaban J connectivity index is 1.79. The molecule has 6 heteroatoms. The average Bonchev–Trinajstić information content (AvgIpc) is 3.07. The summed E-state index contributed by atoms with van der Waals surface area (Å²) in [6, 6.07) is 12.6. The maximum absolute atomic E-state index is 13.4. The van der Waals surface area contributed by atoms with Crippen molar-refractivity contribution >= 4 is 11.8 Å². The van der Waals surface area contributed by atoms with E-state index in [0.29, 0.717) is 12.3 Å². The third-order valence-electron chi connectivity index (χ3n) is 4.54. The van der Waals surface area contributed by atoms with Gasteiger partial charge in [-0.2, -0.15) is 0 Å². The van der Waals surface area contributed by atoms with Gasteiger partial charge in [-0.05, 0) is 55.7 Å². The lowest BCUT2D eigenvalue weighted by molar-refractivity contribution is 0.209. The van der Waals surface area contributed by atoms with Gasteiger partial charge in [0.05, 0.1) is 0 Å². The van der Waals surface area contributed by atoms with Gasteiger partial charge in [0.15, 0.2) is 17.1 Å². The van der Waals surface area contributed by atoms with E-state index in [-0.39, 0.29) is 11.9 Å². The zero-order valence-corrected chi connectivity index (χ0v) is 17.2. The van der Waals surface area contributed by atoms with E-state index in [1.165, 1.54) is 29.5 Å². The molecule has 2 aromatic carbocycles. The van der Waals surface area contributed by atoms with Crippen LogP contribution in [0.5, 0.6) is 5.75 Å².